The number of carbonyl (C=O) groups is 1. The largest absolute Gasteiger partial charge is 0.343 e. The van der Waals surface area contributed by atoms with Crippen molar-refractivity contribution >= 4 is 5.91 Å². The Morgan fingerprint density at radius 1 is 0.750 bits per heavy atom. The van der Waals surface area contributed by atoms with Gasteiger partial charge in [-0.05, 0) is 64.8 Å². The smallest absolute Gasteiger partial charge is 0.252 e. The maximum Gasteiger partial charge on any atom is 0.252 e. The van der Waals surface area contributed by atoms with Crippen LogP contribution in [-0.4, -0.2) is 17.0 Å². The molecule has 194 valence electrons. The minimum atomic E-state index is -0.811. The molecule has 0 saturated carbocycles. The second-order valence-electron chi connectivity index (χ2n) is 10.3. The predicted octanol–water partition coefficient (Wildman–Crippen LogP) is 5.21. The fourth-order valence-electron chi connectivity index (χ4n) is 3.88. The van der Waals surface area contributed by atoms with E-state index in [4.69, 9.17) is 17.2 Å². The molecule has 1 amide bonds. The molecule has 3 aromatic rings. The van der Waals surface area contributed by atoms with Crippen LogP contribution in [0.5, 0.6) is 0 Å². The lowest BCUT2D eigenvalue weighted by molar-refractivity contribution is 0.0916. The number of carbonyl (C=O) groups excluding carboxylic acids is 1. The summed E-state index contributed by atoms with van der Waals surface area (Å²) in [6.45, 7) is 10.9. The SMILES string of the molecule is CC(C)(N)C(N)c1ccccc1F.Cc1cccc(C)c1C(=O)NC(c1ccccc1F)C(C)(C)N. The summed E-state index contributed by atoms with van der Waals surface area (Å²) in [4.78, 5) is 12.7. The lowest BCUT2D eigenvalue weighted by atomic mass is 9.88. The van der Waals surface area contributed by atoms with Crippen LogP contribution in [0.1, 0.15) is 72.4 Å². The molecule has 3 rings (SSSR count). The second kappa shape index (κ2) is 11.7. The van der Waals surface area contributed by atoms with E-state index in [1.54, 1.807) is 64.1 Å². The Labute approximate surface area is 213 Å². The summed E-state index contributed by atoms with van der Waals surface area (Å²) in [5.74, 6) is -0.918. The molecule has 2 unspecified atom stereocenters. The van der Waals surface area contributed by atoms with E-state index < -0.39 is 23.2 Å². The number of rotatable bonds is 6. The van der Waals surface area contributed by atoms with E-state index in [1.807, 2.05) is 32.0 Å². The highest BCUT2D eigenvalue weighted by atomic mass is 19.1. The summed E-state index contributed by atoms with van der Waals surface area (Å²) in [6.07, 6.45) is 0. The molecular formula is C29H38F2N4O. The first-order chi connectivity index (χ1) is 16.6. The topological polar surface area (TPSA) is 107 Å². The van der Waals surface area contributed by atoms with Crippen molar-refractivity contribution in [1.29, 1.82) is 0 Å². The lowest BCUT2D eigenvalue weighted by Gasteiger charge is -2.32. The third-order valence-electron chi connectivity index (χ3n) is 5.99. The summed E-state index contributed by atoms with van der Waals surface area (Å²) >= 11 is 0. The molecule has 0 bridgehead atoms. The molecule has 0 fully saturated rings. The molecule has 0 aromatic heterocycles. The zero-order chi connectivity index (χ0) is 27.3. The first-order valence-electron chi connectivity index (χ1n) is 11.8. The van der Waals surface area contributed by atoms with Gasteiger partial charge in [-0.2, -0.15) is 0 Å². The van der Waals surface area contributed by atoms with Crippen molar-refractivity contribution < 1.29 is 13.6 Å². The van der Waals surface area contributed by atoms with Gasteiger partial charge < -0.3 is 22.5 Å². The standard InChI is InChI=1S/C19H23FN2O.C10H15FN2/c1-12-8-7-9-13(2)16(12)18(23)22-17(19(3,4)21)14-10-5-6-11-15(14)20;1-10(2,13)9(12)7-5-3-4-6-8(7)11/h5-11,17H,21H2,1-4H3,(H,22,23);3-6,9H,12-13H2,1-2H3. The van der Waals surface area contributed by atoms with Crippen LogP contribution in [0.15, 0.2) is 66.7 Å². The minimum absolute atomic E-state index is 0.243. The number of halogens is 2. The second-order valence-corrected chi connectivity index (χ2v) is 10.3. The van der Waals surface area contributed by atoms with E-state index >= 15 is 0 Å². The van der Waals surface area contributed by atoms with Crippen LogP contribution in [0, 0.1) is 25.5 Å². The monoisotopic (exact) mass is 496 g/mol. The highest BCUT2D eigenvalue weighted by Crippen LogP contribution is 2.27. The molecule has 0 aliphatic rings. The molecular weight excluding hydrogens is 458 g/mol. The average molecular weight is 497 g/mol. The quantitative estimate of drug-likeness (QED) is 0.376. The molecule has 7 heteroatoms. The maximum atomic E-state index is 14.2. The number of aryl methyl sites for hydroxylation is 2. The van der Waals surface area contributed by atoms with E-state index in [1.165, 1.54) is 12.1 Å². The third kappa shape index (κ3) is 7.43. The van der Waals surface area contributed by atoms with Crippen LogP contribution in [-0.2, 0) is 0 Å². The zero-order valence-electron chi connectivity index (χ0n) is 21.9. The summed E-state index contributed by atoms with van der Waals surface area (Å²) in [5, 5.41) is 2.91. The van der Waals surface area contributed by atoms with Crippen molar-refractivity contribution in [2.24, 2.45) is 17.2 Å². The van der Waals surface area contributed by atoms with Gasteiger partial charge in [-0.1, -0.05) is 54.6 Å². The number of amides is 1. The van der Waals surface area contributed by atoms with E-state index in [2.05, 4.69) is 5.32 Å². The molecule has 36 heavy (non-hydrogen) atoms. The van der Waals surface area contributed by atoms with E-state index in [0.29, 0.717) is 16.7 Å². The molecule has 5 nitrogen and oxygen atoms in total. The fourth-order valence-corrected chi connectivity index (χ4v) is 3.88. The van der Waals surface area contributed by atoms with Crippen LogP contribution in [0.4, 0.5) is 8.78 Å². The molecule has 0 aliphatic carbocycles. The Bertz CT molecular complexity index is 1160. The summed E-state index contributed by atoms with van der Waals surface area (Å²) in [7, 11) is 0. The van der Waals surface area contributed by atoms with Gasteiger partial charge in [0.2, 0.25) is 0 Å². The molecule has 7 N–H and O–H groups in total. The van der Waals surface area contributed by atoms with Gasteiger partial charge in [-0.25, -0.2) is 8.78 Å². The summed E-state index contributed by atoms with van der Waals surface area (Å²) in [5.41, 5.74) is 19.6. The van der Waals surface area contributed by atoms with Crippen LogP contribution in [0.25, 0.3) is 0 Å². The van der Waals surface area contributed by atoms with Crippen molar-refractivity contribution in [3.05, 3.63) is 106 Å². The number of nitrogens with one attached hydrogen (secondary N) is 1. The highest BCUT2D eigenvalue weighted by molar-refractivity contribution is 5.97. The molecule has 2 atom stereocenters. The van der Waals surface area contributed by atoms with Gasteiger partial charge in [-0.3, -0.25) is 4.79 Å². The highest BCUT2D eigenvalue weighted by Gasteiger charge is 2.31. The van der Waals surface area contributed by atoms with Crippen molar-refractivity contribution in [3.8, 4) is 0 Å². The number of benzene rings is 3. The van der Waals surface area contributed by atoms with Crippen LogP contribution < -0.4 is 22.5 Å². The third-order valence-corrected chi connectivity index (χ3v) is 5.99. The fraction of sp³-hybridized carbons (Fsp3) is 0.345. The molecule has 3 aromatic carbocycles. The summed E-state index contributed by atoms with van der Waals surface area (Å²) in [6, 6.07) is 17.4. The zero-order valence-corrected chi connectivity index (χ0v) is 21.9. The lowest BCUT2D eigenvalue weighted by Crippen LogP contribution is -2.48. The predicted molar refractivity (Wildman–Crippen MR) is 142 cm³/mol. The number of hydrogen-bond acceptors (Lipinski definition) is 4. The molecule has 0 radical (unpaired) electrons. The Kier molecular flexibility index (Phi) is 9.49. The van der Waals surface area contributed by atoms with Gasteiger partial charge in [0.25, 0.3) is 5.91 Å². The number of nitrogens with two attached hydrogens (primary N) is 3. The van der Waals surface area contributed by atoms with Crippen LogP contribution in [0.2, 0.25) is 0 Å². The van der Waals surface area contributed by atoms with Gasteiger partial charge >= 0.3 is 0 Å². The van der Waals surface area contributed by atoms with Gasteiger partial charge in [0.15, 0.2) is 0 Å². The van der Waals surface area contributed by atoms with Gasteiger partial charge in [0.05, 0.1) is 12.1 Å². The molecule has 0 saturated heterocycles. The Balaban J connectivity index is 0.000000297. The first kappa shape index (κ1) is 29.1. The molecule has 0 heterocycles. The Morgan fingerprint density at radius 3 is 1.61 bits per heavy atom. The van der Waals surface area contributed by atoms with Gasteiger partial charge in [0, 0.05) is 27.8 Å². The molecule has 0 spiro atoms. The van der Waals surface area contributed by atoms with Crippen LogP contribution in [0.3, 0.4) is 0 Å². The van der Waals surface area contributed by atoms with E-state index in [9.17, 15) is 13.6 Å². The Morgan fingerprint density at radius 2 is 1.19 bits per heavy atom. The minimum Gasteiger partial charge on any atom is -0.343 e. The van der Waals surface area contributed by atoms with E-state index in [-0.39, 0.29) is 17.5 Å². The van der Waals surface area contributed by atoms with Crippen molar-refractivity contribution in [2.45, 2.75) is 64.7 Å². The van der Waals surface area contributed by atoms with Crippen molar-refractivity contribution in [3.63, 3.8) is 0 Å². The average Bonchev–Trinajstić information content (AvgIpc) is 2.77. The van der Waals surface area contributed by atoms with Crippen LogP contribution >= 0.6 is 0 Å². The van der Waals surface area contributed by atoms with Crippen molar-refractivity contribution in [2.75, 3.05) is 0 Å². The Hall–Kier alpha value is -3.13. The van der Waals surface area contributed by atoms with Gasteiger partial charge in [0.1, 0.15) is 11.6 Å². The van der Waals surface area contributed by atoms with Crippen molar-refractivity contribution in [1.82, 2.24) is 5.32 Å². The summed E-state index contributed by atoms with van der Waals surface area (Å²) < 4.78 is 27.4. The number of hydrogen-bond donors (Lipinski definition) is 4. The normalized spacial score (nSPS) is 13.3. The first-order valence-corrected chi connectivity index (χ1v) is 11.8. The van der Waals surface area contributed by atoms with E-state index in [0.717, 1.165) is 11.1 Å². The maximum absolute atomic E-state index is 14.2. The van der Waals surface area contributed by atoms with Gasteiger partial charge in [-0.15, -0.1) is 0 Å². The molecule has 0 aliphatic heterocycles.